The van der Waals surface area contributed by atoms with Gasteiger partial charge in [0, 0.05) is 11.5 Å². The highest BCUT2D eigenvalue weighted by molar-refractivity contribution is 5.81. The second kappa shape index (κ2) is 5.04. The van der Waals surface area contributed by atoms with Crippen molar-refractivity contribution in [1.29, 1.82) is 0 Å². The summed E-state index contributed by atoms with van der Waals surface area (Å²) in [5.74, 6) is 0.822. The van der Waals surface area contributed by atoms with E-state index in [2.05, 4.69) is 6.92 Å². The van der Waals surface area contributed by atoms with E-state index in [1.54, 1.807) is 6.07 Å². The van der Waals surface area contributed by atoms with E-state index < -0.39 is 0 Å². The third-order valence-electron chi connectivity index (χ3n) is 2.69. The monoisotopic (exact) mass is 232 g/mol. The highest BCUT2D eigenvalue weighted by Crippen LogP contribution is 2.22. The molecule has 0 saturated carbocycles. The average molecular weight is 232 g/mol. The summed E-state index contributed by atoms with van der Waals surface area (Å²) in [6, 6.07) is 7.03. The number of unbranched alkanes of at least 4 members (excludes halogenated alkanes) is 1. The van der Waals surface area contributed by atoms with Crippen molar-refractivity contribution in [3.63, 3.8) is 0 Å². The maximum atomic E-state index is 11.2. The molecule has 0 saturated heterocycles. The van der Waals surface area contributed by atoms with Crippen LogP contribution in [0.2, 0.25) is 0 Å². The van der Waals surface area contributed by atoms with Crippen molar-refractivity contribution in [2.45, 2.75) is 26.7 Å². The lowest BCUT2D eigenvalue weighted by atomic mass is 10.1. The number of fused-ring (bicyclic) bond motifs is 1. The van der Waals surface area contributed by atoms with Crippen LogP contribution in [0.15, 0.2) is 33.5 Å². The maximum Gasteiger partial charge on any atom is 0.336 e. The molecule has 0 aliphatic rings. The lowest BCUT2D eigenvalue weighted by molar-refractivity contribution is 0.309. The van der Waals surface area contributed by atoms with Gasteiger partial charge in [-0.1, -0.05) is 13.3 Å². The fourth-order valence-corrected chi connectivity index (χ4v) is 1.72. The van der Waals surface area contributed by atoms with Gasteiger partial charge in [-0.2, -0.15) is 0 Å². The summed E-state index contributed by atoms with van der Waals surface area (Å²) in [5, 5.41) is 0.929. The van der Waals surface area contributed by atoms with Crippen LogP contribution in [-0.4, -0.2) is 6.61 Å². The first kappa shape index (κ1) is 11.7. The first-order valence-corrected chi connectivity index (χ1v) is 5.88. The van der Waals surface area contributed by atoms with E-state index in [1.165, 1.54) is 6.07 Å². The predicted octanol–water partition coefficient (Wildman–Crippen LogP) is 3.28. The van der Waals surface area contributed by atoms with E-state index in [9.17, 15) is 4.79 Å². The fourth-order valence-electron chi connectivity index (χ4n) is 1.72. The van der Waals surface area contributed by atoms with Gasteiger partial charge in [0.15, 0.2) is 0 Å². The average Bonchev–Trinajstić information content (AvgIpc) is 2.30. The molecule has 0 aliphatic carbocycles. The molecule has 2 aromatic rings. The summed E-state index contributed by atoms with van der Waals surface area (Å²) in [4.78, 5) is 11.2. The Morgan fingerprint density at radius 1 is 1.29 bits per heavy atom. The van der Waals surface area contributed by atoms with E-state index >= 15 is 0 Å². The Morgan fingerprint density at radius 2 is 2.12 bits per heavy atom. The third-order valence-corrected chi connectivity index (χ3v) is 2.69. The molecule has 0 amide bonds. The van der Waals surface area contributed by atoms with Gasteiger partial charge in [-0.05, 0) is 37.1 Å². The SMILES string of the molecule is CCCCOc1ccc2oc(=O)cc(C)c2c1. The molecule has 3 nitrogen and oxygen atoms in total. The molecule has 0 unspecified atom stereocenters. The van der Waals surface area contributed by atoms with Crippen LogP contribution >= 0.6 is 0 Å². The Labute approximate surface area is 100 Å². The van der Waals surface area contributed by atoms with Crippen molar-refractivity contribution < 1.29 is 9.15 Å². The molecule has 0 N–H and O–H groups in total. The molecular formula is C14H16O3. The number of benzene rings is 1. The first-order chi connectivity index (χ1) is 8.20. The second-order valence-electron chi connectivity index (χ2n) is 4.11. The van der Waals surface area contributed by atoms with Crippen LogP contribution in [0.5, 0.6) is 5.75 Å². The normalized spacial score (nSPS) is 10.7. The van der Waals surface area contributed by atoms with Gasteiger partial charge in [-0.25, -0.2) is 4.79 Å². The standard InChI is InChI=1S/C14H16O3/c1-3-4-7-16-11-5-6-13-12(9-11)10(2)8-14(15)17-13/h5-6,8-9H,3-4,7H2,1-2H3. The zero-order valence-corrected chi connectivity index (χ0v) is 10.2. The lowest BCUT2D eigenvalue weighted by Crippen LogP contribution is -1.99. The van der Waals surface area contributed by atoms with Gasteiger partial charge in [0.25, 0.3) is 0 Å². The Morgan fingerprint density at radius 3 is 2.88 bits per heavy atom. The summed E-state index contributed by atoms with van der Waals surface area (Å²) >= 11 is 0. The second-order valence-corrected chi connectivity index (χ2v) is 4.11. The molecule has 2 rings (SSSR count). The molecule has 0 radical (unpaired) electrons. The van der Waals surface area contributed by atoms with Crippen LogP contribution in [0.4, 0.5) is 0 Å². The number of aryl methyl sites for hydroxylation is 1. The third kappa shape index (κ3) is 2.67. The van der Waals surface area contributed by atoms with E-state index in [1.807, 2.05) is 19.1 Å². The van der Waals surface area contributed by atoms with Crippen molar-refractivity contribution >= 4 is 11.0 Å². The van der Waals surface area contributed by atoms with Crippen LogP contribution in [0, 0.1) is 6.92 Å². The predicted molar refractivity (Wildman–Crippen MR) is 67.6 cm³/mol. The smallest absolute Gasteiger partial charge is 0.336 e. The summed E-state index contributed by atoms with van der Waals surface area (Å²) < 4.78 is 10.7. The molecule has 90 valence electrons. The van der Waals surface area contributed by atoms with Crippen LogP contribution < -0.4 is 10.4 Å². The number of hydrogen-bond donors (Lipinski definition) is 0. The van der Waals surface area contributed by atoms with Gasteiger partial charge in [-0.15, -0.1) is 0 Å². The van der Waals surface area contributed by atoms with Gasteiger partial charge in [0.1, 0.15) is 11.3 Å². The van der Waals surface area contributed by atoms with Crippen molar-refractivity contribution in [1.82, 2.24) is 0 Å². The first-order valence-electron chi connectivity index (χ1n) is 5.88. The minimum absolute atomic E-state index is 0.311. The van der Waals surface area contributed by atoms with Gasteiger partial charge < -0.3 is 9.15 Å². The summed E-state index contributed by atoms with van der Waals surface area (Å²) in [5.41, 5.74) is 1.21. The Hall–Kier alpha value is -1.77. The lowest BCUT2D eigenvalue weighted by Gasteiger charge is -2.07. The fraction of sp³-hybridized carbons (Fsp3) is 0.357. The van der Waals surface area contributed by atoms with E-state index in [0.29, 0.717) is 5.58 Å². The zero-order valence-electron chi connectivity index (χ0n) is 10.2. The molecule has 0 spiro atoms. The Balaban J connectivity index is 2.33. The van der Waals surface area contributed by atoms with Crippen molar-refractivity contribution in [3.8, 4) is 5.75 Å². The van der Waals surface area contributed by atoms with E-state index in [0.717, 1.165) is 36.1 Å². The van der Waals surface area contributed by atoms with Gasteiger partial charge >= 0.3 is 5.63 Å². The molecule has 0 atom stereocenters. The number of ether oxygens (including phenoxy) is 1. The molecule has 3 heteroatoms. The van der Waals surface area contributed by atoms with Crippen molar-refractivity contribution in [3.05, 3.63) is 40.2 Å². The molecule has 0 aliphatic heterocycles. The summed E-state index contributed by atoms with van der Waals surface area (Å²) in [6.45, 7) is 4.75. The minimum Gasteiger partial charge on any atom is -0.494 e. The van der Waals surface area contributed by atoms with Gasteiger partial charge in [-0.3, -0.25) is 0 Å². The highest BCUT2D eigenvalue weighted by Gasteiger charge is 2.03. The Bertz CT molecular complexity index is 569. The van der Waals surface area contributed by atoms with Crippen molar-refractivity contribution in [2.24, 2.45) is 0 Å². The van der Waals surface area contributed by atoms with Crippen molar-refractivity contribution in [2.75, 3.05) is 6.61 Å². The summed E-state index contributed by atoms with van der Waals surface area (Å²) in [7, 11) is 0. The van der Waals surface area contributed by atoms with Crippen LogP contribution in [0.3, 0.4) is 0 Å². The molecule has 1 aromatic carbocycles. The quantitative estimate of drug-likeness (QED) is 0.600. The van der Waals surface area contributed by atoms with Crippen LogP contribution in [0.1, 0.15) is 25.3 Å². The summed E-state index contributed by atoms with van der Waals surface area (Å²) in [6.07, 6.45) is 2.16. The molecule has 17 heavy (non-hydrogen) atoms. The maximum absolute atomic E-state index is 11.2. The zero-order chi connectivity index (χ0) is 12.3. The van der Waals surface area contributed by atoms with Crippen LogP contribution in [-0.2, 0) is 0 Å². The number of rotatable bonds is 4. The Kier molecular flexibility index (Phi) is 3.47. The molecule has 1 aromatic heterocycles. The van der Waals surface area contributed by atoms with Crippen LogP contribution in [0.25, 0.3) is 11.0 Å². The molecule has 0 fully saturated rings. The topological polar surface area (TPSA) is 39.4 Å². The molecular weight excluding hydrogens is 216 g/mol. The largest absolute Gasteiger partial charge is 0.494 e. The van der Waals surface area contributed by atoms with Gasteiger partial charge in [0.05, 0.1) is 6.61 Å². The van der Waals surface area contributed by atoms with E-state index in [-0.39, 0.29) is 5.63 Å². The minimum atomic E-state index is -0.311. The number of hydrogen-bond acceptors (Lipinski definition) is 3. The van der Waals surface area contributed by atoms with E-state index in [4.69, 9.17) is 9.15 Å². The van der Waals surface area contributed by atoms with Gasteiger partial charge in [0.2, 0.25) is 0 Å². The molecule has 0 bridgehead atoms. The highest BCUT2D eigenvalue weighted by atomic mass is 16.5. The molecule has 1 heterocycles.